The number of ketones is 1. The molecule has 0 aliphatic rings. The third-order valence-electron chi connectivity index (χ3n) is 3.87. The van der Waals surface area contributed by atoms with E-state index >= 15 is 0 Å². The molecule has 3 rings (SSSR count). The highest BCUT2D eigenvalue weighted by Gasteiger charge is 2.23. The van der Waals surface area contributed by atoms with Crippen LogP contribution in [0.4, 0.5) is 0 Å². The summed E-state index contributed by atoms with van der Waals surface area (Å²) in [5.41, 5.74) is 2.91. The van der Waals surface area contributed by atoms with Gasteiger partial charge in [0.05, 0.1) is 12.2 Å². The molecule has 5 nitrogen and oxygen atoms in total. The fourth-order valence-electron chi connectivity index (χ4n) is 2.70. The lowest BCUT2D eigenvalue weighted by atomic mass is 9.94. The first-order valence-corrected chi connectivity index (χ1v) is 8.94. The maximum atomic E-state index is 12.5. The number of benzene rings is 2. The van der Waals surface area contributed by atoms with Crippen molar-refractivity contribution in [1.82, 2.24) is 10.2 Å². The second-order valence-electron chi connectivity index (χ2n) is 5.75. The minimum Gasteiger partial charge on any atom is -0.474 e. The molecule has 1 aromatic heterocycles. The summed E-state index contributed by atoms with van der Waals surface area (Å²) >= 11 is 12.0. The molecule has 0 aliphatic carbocycles. The van der Waals surface area contributed by atoms with Crippen LogP contribution in [-0.2, 0) is 0 Å². The largest absolute Gasteiger partial charge is 0.474 e. The zero-order chi connectivity index (χ0) is 19.4. The number of hydrogen-bond donors (Lipinski definition) is 1. The van der Waals surface area contributed by atoms with Crippen molar-refractivity contribution in [3.05, 3.63) is 64.1 Å². The van der Waals surface area contributed by atoms with Crippen molar-refractivity contribution in [2.45, 2.75) is 6.92 Å². The number of hydrogen-bond acceptors (Lipinski definition) is 5. The Hall–Kier alpha value is -2.47. The molecule has 1 N–H and O–H groups in total. The Balaban J connectivity index is 2.29. The molecule has 0 aliphatic heterocycles. The molecule has 0 bridgehead atoms. The number of ether oxygens (including phenoxy) is 1. The average Bonchev–Trinajstić information content (AvgIpc) is 2.67. The van der Waals surface area contributed by atoms with Gasteiger partial charge in [-0.1, -0.05) is 47.5 Å². The Morgan fingerprint density at radius 1 is 0.963 bits per heavy atom. The van der Waals surface area contributed by atoms with Crippen molar-refractivity contribution in [2.24, 2.45) is 0 Å². The molecule has 3 aromatic rings. The van der Waals surface area contributed by atoms with E-state index in [0.717, 1.165) is 11.1 Å². The number of aliphatic hydroxyl groups excluding tert-OH is 1. The van der Waals surface area contributed by atoms with Crippen LogP contribution in [0.25, 0.3) is 22.4 Å². The van der Waals surface area contributed by atoms with Gasteiger partial charge in [0, 0.05) is 21.2 Å². The number of carbonyl (C=O) groups is 1. The third-order valence-corrected chi connectivity index (χ3v) is 4.38. The number of rotatable bonds is 6. The van der Waals surface area contributed by atoms with Crippen molar-refractivity contribution < 1.29 is 14.6 Å². The standard InChI is InChI=1S/C20H16Cl2N2O3/c1-12(26)17-18(13-2-6-15(21)7-3-13)19(14-4-8-16(22)9-5-14)23-24-20(17)27-11-10-25/h2-9,25H,10-11H2,1H3. The van der Waals surface area contributed by atoms with Gasteiger partial charge in [-0.2, -0.15) is 0 Å². The van der Waals surface area contributed by atoms with Gasteiger partial charge >= 0.3 is 0 Å². The van der Waals surface area contributed by atoms with Gasteiger partial charge in [0.25, 0.3) is 0 Å². The van der Waals surface area contributed by atoms with Crippen LogP contribution >= 0.6 is 23.2 Å². The van der Waals surface area contributed by atoms with E-state index in [-0.39, 0.29) is 24.9 Å². The van der Waals surface area contributed by atoms with Gasteiger partial charge in [-0.3, -0.25) is 4.79 Å². The molecule has 0 saturated carbocycles. The van der Waals surface area contributed by atoms with Gasteiger partial charge in [0.2, 0.25) is 5.88 Å². The first kappa shape index (κ1) is 19.3. The maximum absolute atomic E-state index is 12.5. The molecule has 1 heterocycles. The Labute approximate surface area is 166 Å². The summed E-state index contributed by atoms with van der Waals surface area (Å²) in [5.74, 6) is -0.141. The highest BCUT2D eigenvalue weighted by molar-refractivity contribution is 6.31. The van der Waals surface area contributed by atoms with Crippen LogP contribution in [0.3, 0.4) is 0 Å². The molecule has 0 atom stereocenters. The molecule has 0 radical (unpaired) electrons. The highest BCUT2D eigenvalue weighted by Crippen LogP contribution is 2.37. The number of aliphatic hydroxyl groups is 1. The lowest BCUT2D eigenvalue weighted by molar-refractivity contribution is 0.101. The average molecular weight is 403 g/mol. The van der Waals surface area contributed by atoms with Crippen molar-refractivity contribution >= 4 is 29.0 Å². The lowest BCUT2D eigenvalue weighted by Gasteiger charge is -2.16. The van der Waals surface area contributed by atoms with Crippen LogP contribution in [0.15, 0.2) is 48.5 Å². The molecule has 0 unspecified atom stereocenters. The van der Waals surface area contributed by atoms with Gasteiger partial charge in [0.15, 0.2) is 5.78 Å². The van der Waals surface area contributed by atoms with E-state index in [2.05, 4.69) is 10.2 Å². The predicted octanol–water partition coefficient (Wildman–Crippen LogP) is 4.69. The summed E-state index contributed by atoms with van der Waals surface area (Å²) in [4.78, 5) is 12.5. The van der Waals surface area contributed by atoms with Crippen LogP contribution in [0, 0.1) is 0 Å². The Bertz CT molecular complexity index is 958. The molecule has 0 fully saturated rings. The zero-order valence-electron chi connectivity index (χ0n) is 14.4. The van der Waals surface area contributed by atoms with E-state index in [9.17, 15) is 4.79 Å². The van der Waals surface area contributed by atoms with Gasteiger partial charge in [-0.05, 0) is 36.8 Å². The van der Waals surface area contributed by atoms with Crippen molar-refractivity contribution in [3.63, 3.8) is 0 Å². The van der Waals surface area contributed by atoms with Crippen LogP contribution in [0.2, 0.25) is 10.0 Å². The summed E-state index contributed by atoms with van der Waals surface area (Å²) in [6, 6.07) is 14.2. The molecule has 7 heteroatoms. The van der Waals surface area contributed by atoms with E-state index in [1.165, 1.54) is 6.92 Å². The molecule has 0 spiro atoms. The van der Waals surface area contributed by atoms with Gasteiger partial charge < -0.3 is 9.84 Å². The smallest absolute Gasteiger partial charge is 0.245 e. The number of nitrogens with zero attached hydrogens (tertiary/aromatic N) is 2. The molecular formula is C20H16Cl2N2O3. The van der Waals surface area contributed by atoms with Crippen LogP contribution in [0.1, 0.15) is 17.3 Å². The summed E-state index contributed by atoms with van der Waals surface area (Å²) in [5, 5.41) is 18.6. The van der Waals surface area contributed by atoms with Crippen LogP contribution in [0.5, 0.6) is 5.88 Å². The summed E-state index contributed by atoms with van der Waals surface area (Å²) < 4.78 is 5.45. The van der Waals surface area contributed by atoms with Crippen LogP contribution < -0.4 is 4.74 Å². The minimum atomic E-state index is -0.224. The zero-order valence-corrected chi connectivity index (χ0v) is 16.0. The Morgan fingerprint density at radius 3 is 2.04 bits per heavy atom. The Morgan fingerprint density at radius 2 is 1.52 bits per heavy atom. The van der Waals surface area contributed by atoms with Crippen molar-refractivity contribution in [2.75, 3.05) is 13.2 Å². The van der Waals surface area contributed by atoms with E-state index in [4.69, 9.17) is 33.0 Å². The van der Waals surface area contributed by atoms with E-state index in [1.54, 1.807) is 36.4 Å². The van der Waals surface area contributed by atoms with E-state index in [0.29, 0.717) is 26.9 Å². The summed E-state index contributed by atoms with van der Waals surface area (Å²) in [6.45, 7) is 1.25. The van der Waals surface area contributed by atoms with Crippen LogP contribution in [-0.4, -0.2) is 34.3 Å². The molecule has 27 heavy (non-hydrogen) atoms. The number of aromatic nitrogens is 2. The molecule has 2 aromatic carbocycles. The fourth-order valence-corrected chi connectivity index (χ4v) is 2.95. The van der Waals surface area contributed by atoms with E-state index < -0.39 is 0 Å². The third kappa shape index (κ3) is 4.27. The molecule has 138 valence electrons. The second kappa shape index (κ2) is 8.48. The minimum absolute atomic E-state index is 0.00924. The molecule has 0 saturated heterocycles. The first-order valence-electron chi connectivity index (χ1n) is 8.18. The maximum Gasteiger partial charge on any atom is 0.245 e. The Kier molecular flexibility index (Phi) is 6.06. The number of Topliss-reactive ketones (excluding diaryl/α,β-unsaturated/α-hetero) is 1. The highest BCUT2D eigenvalue weighted by atomic mass is 35.5. The van der Waals surface area contributed by atoms with Gasteiger partial charge in [-0.15, -0.1) is 10.2 Å². The second-order valence-corrected chi connectivity index (χ2v) is 6.62. The summed E-state index contributed by atoms with van der Waals surface area (Å²) in [7, 11) is 0. The normalized spacial score (nSPS) is 10.7. The predicted molar refractivity (Wildman–Crippen MR) is 106 cm³/mol. The first-order chi connectivity index (χ1) is 13.0. The molecule has 0 amide bonds. The quantitative estimate of drug-likeness (QED) is 0.605. The number of carbonyl (C=O) groups excluding carboxylic acids is 1. The van der Waals surface area contributed by atoms with E-state index in [1.807, 2.05) is 12.1 Å². The van der Waals surface area contributed by atoms with Gasteiger partial charge in [-0.25, -0.2) is 0 Å². The van der Waals surface area contributed by atoms with Crippen molar-refractivity contribution in [1.29, 1.82) is 0 Å². The SMILES string of the molecule is CC(=O)c1c(OCCO)nnc(-c2ccc(Cl)cc2)c1-c1ccc(Cl)cc1. The fraction of sp³-hybridized carbons (Fsp3) is 0.150. The molecular weight excluding hydrogens is 387 g/mol. The summed E-state index contributed by atoms with van der Waals surface area (Å²) in [6.07, 6.45) is 0. The monoisotopic (exact) mass is 402 g/mol. The lowest BCUT2D eigenvalue weighted by Crippen LogP contribution is -2.11. The van der Waals surface area contributed by atoms with Crippen molar-refractivity contribution in [3.8, 4) is 28.3 Å². The van der Waals surface area contributed by atoms with Gasteiger partial charge in [0.1, 0.15) is 12.3 Å². The topological polar surface area (TPSA) is 72.3 Å². The number of halogens is 2.